The molecule has 1 aliphatic rings. The second-order valence-electron chi connectivity index (χ2n) is 5.68. The first-order chi connectivity index (χ1) is 10.0. The Bertz CT molecular complexity index is 445. The number of carbonyl (C=O) groups is 1. The first-order valence-electron chi connectivity index (χ1n) is 7.08. The van der Waals surface area contributed by atoms with Gasteiger partial charge < -0.3 is 19.4 Å². The molecule has 0 aromatic carbocycles. The van der Waals surface area contributed by atoms with Gasteiger partial charge in [0.15, 0.2) is 0 Å². The summed E-state index contributed by atoms with van der Waals surface area (Å²) in [7, 11) is 5.15. The second kappa shape index (κ2) is 7.02. The van der Waals surface area contributed by atoms with E-state index in [9.17, 15) is 4.79 Å². The van der Waals surface area contributed by atoms with Crippen LogP contribution in [0.25, 0.3) is 0 Å². The average Bonchev–Trinajstić information content (AvgIpc) is 2.92. The fourth-order valence-electron chi connectivity index (χ4n) is 2.60. The molecular formula is C14H24N4O3. The molecule has 1 saturated heterocycles. The van der Waals surface area contributed by atoms with Crippen LogP contribution in [0.3, 0.4) is 0 Å². The third-order valence-corrected chi connectivity index (χ3v) is 3.64. The maximum Gasteiger partial charge on any atom is 0.225 e. The summed E-state index contributed by atoms with van der Waals surface area (Å²) in [4.78, 5) is 23.2. The van der Waals surface area contributed by atoms with Gasteiger partial charge in [-0.3, -0.25) is 9.69 Å². The van der Waals surface area contributed by atoms with Crippen molar-refractivity contribution in [3.8, 4) is 0 Å². The van der Waals surface area contributed by atoms with Crippen molar-refractivity contribution < 1.29 is 14.3 Å². The third-order valence-electron chi connectivity index (χ3n) is 3.64. The van der Waals surface area contributed by atoms with Gasteiger partial charge in [-0.2, -0.15) is 0 Å². The number of methoxy groups -OCH3 is 1. The molecule has 1 atom stereocenters. The number of amides is 1. The summed E-state index contributed by atoms with van der Waals surface area (Å²) in [6, 6.07) is 0. The summed E-state index contributed by atoms with van der Waals surface area (Å²) in [5.41, 5.74) is -0.582. The van der Waals surface area contributed by atoms with Crippen LogP contribution in [0.15, 0.2) is 12.4 Å². The highest BCUT2D eigenvalue weighted by atomic mass is 16.5. The van der Waals surface area contributed by atoms with E-state index < -0.39 is 5.60 Å². The van der Waals surface area contributed by atoms with Gasteiger partial charge in [0.1, 0.15) is 11.4 Å². The molecule has 21 heavy (non-hydrogen) atoms. The van der Waals surface area contributed by atoms with E-state index in [0.717, 1.165) is 18.9 Å². The quantitative estimate of drug-likeness (QED) is 0.806. The molecule has 1 aromatic rings. The summed E-state index contributed by atoms with van der Waals surface area (Å²) in [5.74, 6) is 0.967. The number of rotatable bonds is 6. The van der Waals surface area contributed by atoms with Gasteiger partial charge in [0.25, 0.3) is 0 Å². The van der Waals surface area contributed by atoms with E-state index >= 15 is 0 Å². The number of aromatic nitrogens is 2. The van der Waals surface area contributed by atoms with Crippen LogP contribution < -0.4 is 0 Å². The van der Waals surface area contributed by atoms with Gasteiger partial charge >= 0.3 is 0 Å². The predicted octanol–water partition coefficient (Wildman–Crippen LogP) is 0.105. The maximum absolute atomic E-state index is 12.1. The molecule has 7 heteroatoms. The van der Waals surface area contributed by atoms with Crippen molar-refractivity contribution in [2.75, 3.05) is 47.5 Å². The minimum absolute atomic E-state index is 0.0481. The first kappa shape index (κ1) is 15.9. The molecule has 0 saturated carbocycles. The first-order valence-corrected chi connectivity index (χ1v) is 7.08. The van der Waals surface area contributed by atoms with Crippen LogP contribution in [0.5, 0.6) is 0 Å². The molecule has 0 spiro atoms. The molecule has 118 valence electrons. The number of carbonyl (C=O) groups excluding carboxylic acids is 1. The number of aromatic amines is 1. The number of ether oxygens (including phenoxy) is 2. The van der Waals surface area contributed by atoms with E-state index in [0.29, 0.717) is 26.2 Å². The van der Waals surface area contributed by atoms with Crippen LogP contribution in [0.2, 0.25) is 0 Å². The summed E-state index contributed by atoms with van der Waals surface area (Å²) in [6.45, 7) is 3.19. The van der Waals surface area contributed by atoms with Crippen LogP contribution >= 0.6 is 0 Å². The fourth-order valence-corrected chi connectivity index (χ4v) is 2.60. The van der Waals surface area contributed by atoms with E-state index in [1.807, 2.05) is 6.20 Å². The zero-order valence-corrected chi connectivity index (χ0v) is 13.0. The number of hydrogen-bond donors (Lipinski definition) is 1. The fraction of sp³-hybridized carbons (Fsp3) is 0.714. The summed E-state index contributed by atoms with van der Waals surface area (Å²) >= 11 is 0. The Balaban J connectivity index is 2.03. The highest BCUT2D eigenvalue weighted by Gasteiger charge is 2.39. The van der Waals surface area contributed by atoms with Crippen molar-refractivity contribution >= 4 is 5.91 Å². The number of imidazole rings is 1. The van der Waals surface area contributed by atoms with Crippen LogP contribution in [0, 0.1) is 0 Å². The lowest BCUT2D eigenvalue weighted by molar-refractivity contribution is -0.160. The monoisotopic (exact) mass is 296 g/mol. The average molecular weight is 296 g/mol. The molecule has 2 rings (SSSR count). The predicted molar refractivity (Wildman–Crippen MR) is 77.7 cm³/mol. The molecule has 1 aliphatic heterocycles. The molecule has 1 N–H and O–H groups in total. The van der Waals surface area contributed by atoms with Gasteiger partial charge in [0.05, 0.1) is 26.2 Å². The van der Waals surface area contributed by atoms with Crippen molar-refractivity contribution in [3.63, 3.8) is 0 Å². The second-order valence-corrected chi connectivity index (χ2v) is 5.68. The van der Waals surface area contributed by atoms with Gasteiger partial charge in [-0.05, 0) is 0 Å². The van der Waals surface area contributed by atoms with Gasteiger partial charge in [-0.1, -0.05) is 0 Å². The number of nitrogens with one attached hydrogen (secondary N) is 1. The van der Waals surface area contributed by atoms with Gasteiger partial charge in [0, 0.05) is 46.7 Å². The normalized spacial score (nSPS) is 23.2. The number of H-pyrrole nitrogens is 1. The molecule has 0 radical (unpaired) electrons. The van der Waals surface area contributed by atoms with Gasteiger partial charge in [0.2, 0.25) is 5.91 Å². The maximum atomic E-state index is 12.1. The van der Waals surface area contributed by atoms with Crippen LogP contribution in [-0.4, -0.2) is 78.8 Å². The molecule has 1 amide bonds. The molecule has 0 aliphatic carbocycles. The van der Waals surface area contributed by atoms with Crippen molar-refractivity contribution in [1.82, 2.24) is 19.8 Å². The lowest BCUT2D eigenvalue weighted by atomic mass is 9.97. The lowest BCUT2D eigenvalue weighted by Crippen LogP contribution is -2.55. The third kappa shape index (κ3) is 4.26. The van der Waals surface area contributed by atoms with E-state index in [-0.39, 0.29) is 5.91 Å². The van der Waals surface area contributed by atoms with Crippen molar-refractivity contribution in [3.05, 3.63) is 18.2 Å². The Hall–Kier alpha value is -1.44. The topological polar surface area (TPSA) is 70.7 Å². The van der Waals surface area contributed by atoms with Crippen LogP contribution in [0.4, 0.5) is 0 Å². The SMILES string of the molecule is COC[C@]1(CC(=O)N(C)C)CN(Cc2ncc[nH]2)CCO1. The molecule has 7 nitrogen and oxygen atoms in total. The molecule has 0 bridgehead atoms. The molecule has 1 aromatic heterocycles. The van der Waals surface area contributed by atoms with Crippen LogP contribution in [0.1, 0.15) is 12.2 Å². The highest BCUT2D eigenvalue weighted by molar-refractivity contribution is 5.76. The number of nitrogens with zero attached hydrogens (tertiary/aromatic N) is 3. The Morgan fingerprint density at radius 2 is 2.43 bits per heavy atom. The molecule has 0 unspecified atom stereocenters. The van der Waals surface area contributed by atoms with E-state index in [4.69, 9.17) is 9.47 Å². The largest absolute Gasteiger partial charge is 0.382 e. The zero-order chi connectivity index (χ0) is 15.3. The Morgan fingerprint density at radius 1 is 1.62 bits per heavy atom. The lowest BCUT2D eigenvalue weighted by Gasteiger charge is -2.42. The Labute approximate surface area is 125 Å². The summed E-state index contributed by atoms with van der Waals surface area (Å²) < 4.78 is 11.2. The van der Waals surface area contributed by atoms with Crippen molar-refractivity contribution in [1.29, 1.82) is 0 Å². The number of morpholine rings is 1. The Kier molecular flexibility index (Phi) is 5.33. The van der Waals surface area contributed by atoms with Gasteiger partial charge in [-0.15, -0.1) is 0 Å². The highest BCUT2D eigenvalue weighted by Crippen LogP contribution is 2.24. The van der Waals surface area contributed by atoms with Crippen LogP contribution in [-0.2, 0) is 20.8 Å². The molecule has 2 heterocycles. The van der Waals surface area contributed by atoms with Crippen molar-refractivity contribution in [2.45, 2.75) is 18.6 Å². The van der Waals surface area contributed by atoms with E-state index in [1.54, 1.807) is 32.3 Å². The van der Waals surface area contributed by atoms with Gasteiger partial charge in [-0.25, -0.2) is 4.98 Å². The smallest absolute Gasteiger partial charge is 0.225 e. The summed E-state index contributed by atoms with van der Waals surface area (Å²) in [6.07, 6.45) is 3.88. The minimum atomic E-state index is -0.582. The zero-order valence-electron chi connectivity index (χ0n) is 13.0. The molecule has 1 fully saturated rings. The Morgan fingerprint density at radius 3 is 3.05 bits per heavy atom. The van der Waals surface area contributed by atoms with E-state index in [1.165, 1.54) is 0 Å². The van der Waals surface area contributed by atoms with E-state index in [2.05, 4.69) is 14.9 Å². The molecular weight excluding hydrogens is 272 g/mol. The summed E-state index contributed by atoms with van der Waals surface area (Å²) in [5, 5.41) is 0. The van der Waals surface area contributed by atoms with Crippen molar-refractivity contribution in [2.24, 2.45) is 0 Å². The standard InChI is InChI=1S/C14H24N4O3/c1-17(2)13(19)8-14(11-20-3)10-18(6-7-21-14)9-12-15-4-5-16-12/h4-5H,6-11H2,1-3H3,(H,15,16)/t14-/m0/s1. The minimum Gasteiger partial charge on any atom is -0.382 e. The number of hydrogen-bond acceptors (Lipinski definition) is 5.